The fraction of sp³-hybridized carbons (Fsp3) is 0.458. The molecule has 1 unspecified atom stereocenters. The molecular weight excluding hydrogens is 410 g/mol. The molecule has 7 heteroatoms. The minimum Gasteiger partial charge on any atom is -0.331 e. The van der Waals surface area contributed by atoms with Crippen LogP contribution in [0.4, 0.5) is 4.79 Å². The molecular formula is C24H31N3O3S. The number of benzene rings is 2. The molecule has 1 atom stereocenters. The van der Waals surface area contributed by atoms with Gasteiger partial charge in [0, 0.05) is 26.2 Å². The number of carbonyl (C=O) groups is 1. The molecule has 1 N–H and O–H groups in total. The quantitative estimate of drug-likeness (QED) is 0.772. The lowest BCUT2D eigenvalue weighted by Gasteiger charge is -2.34. The number of sulfonamides is 1. The fourth-order valence-electron chi connectivity index (χ4n) is 4.43. The topological polar surface area (TPSA) is 69.7 Å². The smallest absolute Gasteiger partial charge is 0.317 e. The molecule has 166 valence electrons. The average molecular weight is 442 g/mol. The van der Waals surface area contributed by atoms with Crippen LogP contribution in [0.3, 0.4) is 0 Å². The Kier molecular flexibility index (Phi) is 6.62. The highest BCUT2D eigenvalue weighted by atomic mass is 32.2. The zero-order valence-electron chi connectivity index (χ0n) is 18.1. The van der Waals surface area contributed by atoms with E-state index >= 15 is 0 Å². The van der Waals surface area contributed by atoms with Crippen LogP contribution in [0.5, 0.6) is 0 Å². The molecule has 4 rings (SSSR count). The number of urea groups is 1. The van der Waals surface area contributed by atoms with E-state index in [0.717, 1.165) is 24.0 Å². The Hall–Kier alpha value is -2.38. The summed E-state index contributed by atoms with van der Waals surface area (Å²) in [7, 11) is -3.39. The average Bonchev–Trinajstić information content (AvgIpc) is 2.79. The van der Waals surface area contributed by atoms with Gasteiger partial charge in [0.15, 0.2) is 0 Å². The summed E-state index contributed by atoms with van der Waals surface area (Å²) in [6.45, 7) is 3.46. The van der Waals surface area contributed by atoms with Crippen molar-refractivity contribution < 1.29 is 13.2 Å². The summed E-state index contributed by atoms with van der Waals surface area (Å²) in [6.07, 6.45) is 4.75. The number of nitrogens with one attached hydrogen (secondary N) is 1. The minimum atomic E-state index is -3.39. The molecule has 1 fully saturated rings. The molecule has 2 aromatic carbocycles. The highest BCUT2D eigenvalue weighted by molar-refractivity contribution is 7.88. The maximum absolute atomic E-state index is 12.8. The predicted molar refractivity (Wildman–Crippen MR) is 122 cm³/mol. The van der Waals surface area contributed by atoms with Crippen molar-refractivity contribution in [1.82, 2.24) is 14.5 Å². The second-order valence-corrected chi connectivity index (χ2v) is 10.5. The Morgan fingerprint density at radius 2 is 1.65 bits per heavy atom. The number of hydrogen-bond acceptors (Lipinski definition) is 3. The Morgan fingerprint density at radius 3 is 2.35 bits per heavy atom. The van der Waals surface area contributed by atoms with Gasteiger partial charge in [-0.25, -0.2) is 13.2 Å². The third-order valence-corrected chi connectivity index (χ3v) is 8.17. The van der Waals surface area contributed by atoms with Gasteiger partial charge < -0.3 is 10.2 Å². The SMILES string of the molecule is CC(NC(=O)N1CCN(S(=O)(=O)Cc2ccccc2)CC1)c1ccc2c(c1)CCCC2. The molecule has 0 aromatic heterocycles. The molecule has 0 bridgehead atoms. The summed E-state index contributed by atoms with van der Waals surface area (Å²) in [4.78, 5) is 14.5. The van der Waals surface area contributed by atoms with Crippen molar-refractivity contribution in [2.75, 3.05) is 26.2 Å². The zero-order chi connectivity index (χ0) is 21.8. The van der Waals surface area contributed by atoms with Gasteiger partial charge >= 0.3 is 6.03 Å². The summed E-state index contributed by atoms with van der Waals surface area (Å²) in [5.74, 6) is -0.00456. The molecule has 1 heterocycles. The van der Waals surface area contributed by atoms with Crippen LogP contribution in [0.2, 0.25) is 0 Å². The van der Waals surface area contributed by atoms with Crippen molar-refractivity contribution in [2.45, 2.75) is 44.4 Å². The second kappa shape index (κ2) is 9.40. The number of nitrogens with zero attached hydrogens (tertiary/aromatic N) is 2. The first-order valence-electron chi connectivity index (χ1n) is 11.1. The van der Waals surface area contributed by atoms with Gasteiger partial charge in [-0.15, -0.1) is 0 Å². The summed E-state index contributed by atoms with van der Waals surface area (Å²) in [6, 6.07) is 15.5. The molecule has 6 nitrogen and oxygen atoms in total. The third kappa shape index (κ3) is 5.28. The van der Waals surface area contributed by atoms with Crippen molar-refractivity contribution in [3.05, 3.63) is 70.8 Å². The van der Waals surface area contributed by atoms with Gasteiger partial charge in [0.1, 0.15) is 0 Å². The lowest BCUT2D eigenvalue weighted by atomic mass is 9.89. The lowest BCUT2D eigenvalue weighted by Crippen LogP contribution is -2.53. The normalized spacial score (nSPS) is 18.3. The zero-order valence-corrected chi connectivity index (χ0v) is 18.9. The van der Waals surface area contributed by atoms with E-state index in [2.05, 4.69) is 23.5 Å². The van der Waals surface area contributed by atoms with Gasteiger partial charge in [-0.3, -0.25) is 0 Å². The standard InChI is InChI=1S/C24H31N3O3S/c1-19(22-12-11-21-9-5-6-10-23(21)17-22)25-24(28)26-13-15-27(16-14-26)31(29,30)18-20-7-3-2-4-8-20/h2-4,7-8,11-12,17,19H,5-6,9-10,13-16,18H2,1H3,(H,25,28). The van der Waals surface area contributed by atoms with Gasteiger partial charge in [-0.2, -0.15) is 4.31 Å². The molecule has 31 heavy (non-hydrogen) atoms. The number of aryl methyl sites for hydroxylation is 2. The van der Waals surface area contributed by atoms with E-state index in [9.17, 15) is 13.2 Å². The highest BCUT2D eigenvalue weighted by Gasteiger charge is 2.29. The first-order chi connectivity index (χ1) is 14.9. The van der Waals surface area contributed by atoms with Crippen molar-refractivity contribution in [3.63, 3.8) is 0 Å². The van der Waals surface area contributed by atoms with Crippen LogP contribution in [0.25, 0.3) is 0 Å². The van der Waals surface area contributed by atoms with E-state index in [-0.39, 0.29) is 17.8 Å². The number of rotatable bonds is 5. The van der Waals surface area contributed by atoms with Crippen molar-refractivity contribution in [3.8, 4) is 0 Å². The molecule has 0 spiro atoms. The van der Waals surface area contributed by atoms with Gasteiger partial charge in [0.25, 0.3) is 0 Å². The van der Waals surface area contributed by atoms with Crippen LogP contribution in [0.1, 0.15) is 48.1 Å². The van der Waals surface area contributed by atoms with Crippen LogP contribution >= 0.6 is 0 Å². The van der Waals surface area contributed by atoms with Crippen molar-refractivity contribution >= 4 is 16.1 Å². The first-order valence-corrected chi connectivity index (χ1v) is 12.7. The maximum Gasteiger partial charge on any atom is 0.317 e. The summed E-state index contributed by atoms with van der Waals surface area (Å²) >= 11 is 0. The molecule has 1 aliphatic heterocycles. The number of hydrogen-bond donors (Lipinski definition) is 1. The molecule has 2 aliphatic rings. The number of amides is 2. The molecule has 0 radical (unpaired) electrons. The van der Waals surface area contributed by atoms with E-state index in [1.54, 1.807) is 4.90 Å². The summed E-state index contributed by atoms with van der Waals surface area (Å²) in [5, 5.41) is 3.09. The van der Waals surface area contributed by atoms with Crippen molar-refractivity contribution in [1.29, 1.82) is 0 Å². The molecule has 2 amide bonds. The van der Waals surface area contributed by atoms with E-state index < -0.39 is 10.0 Å². The summed E-state index contributed by atoms with van der Waals surface area (Å²) < 4.78 is 26.9. The number of carbonyl (C=O) groups excluding carboxylic acids is 1. The Morgan fingerprint density at radius 1 is 0.968 bits per heavy atom. The van der Waals surface area contributed by atoms with Crippen LogP contribution in [0.15, 0.2) is 48.5 Å². The first kappa shape index (κ1) is 21.8. The summed E-state index contributed by atoms with van der Waals surface area (Å²) in [5.41, 5.74) is 4.74. The van der Waals surface area contributed by atoms with Gasteiger partial charge in [-0.1, -0.05) is 48.5 Å². The largest absolute Gasteiger partial charge is 0.331 e. The monoisotopic (exact) mass is 441 g/mol. The number of piperazine rings is 1. The molecule has 0 saturated carbocycles. The lowest BCUT2D eigenvalue weighted by molar-refractivity contribution is 0.169. The second-order valence-electron chi connectivity index (χ2n) is 8.53. The van der Waals surface area contributed by atoms with E-state index in [4.69, 9.17) is 0 Å². The van der Waals surface area contributed by atoms with Gasteiger partial charge in [0.05, 0.1) is 11.8 Å². The third-order valence-electron chi connectivity index (χ3n) is 6.32. The van der Waals surface area contributed by atoms with E-state index in [1.165, 1.54) is 28.3 Å². The molecule has 1 saturated heterocycles. The Bertz CT molecular complexity index is 1020. The fourth-order valence-corrected chi connectivity index (χ4v) is 5.94. The van der Waals surface area contributed by atoms with Gasteiger partial charge in [0.2, 0.25) is 10.0 Å². The predicted octanol–water partition coefficient (Wildman–Crippen LogP) is 3.48. The van der Waals surface area contributed by atoms with E-state index in [0.29, 0.717) is 26.2 Å². The van der Waals surface area contributed by atoms with Crippen molar-refractivity contribution in [2.24, 2.45) is 0 Å². The van der Waals surface area contributed by atoms with Crippen LogP contribution in [0, 0.1) is 0 Å². The van der Waals surface area contributed by atoms with Crippen LogP contribution < -0.4 is 5.32 Å². The Balaban J connectivity index is 1.31. The van der Waals surface area contributed by atoms with E-state index in [1.807, 2.05) is 37.3 Å². The molecule has 2 aromatic rings. The van der Waals surface area contributed by atoms with Gasteiger partial charge in [-0.05, 0) is 54.9 Å². The minimum absolute atomic E-state index is 0.00456. The maximum atomic E-state index is 12.8. The Labute approximate surface area is 185 Å². The molecule has 1 aliphatic carbocycles. The van der Waals surface area contributed by atoms with Crippen LogP contribution in [-0.2, 0) is 28.6 Å². The highest BCUT2D eigenvalue weighted by Crippen LogP contribution is 2.25. The van der Waals surface area contributed by atoms with Crippen LogP contribution in [-0.4, -0.2) is 49.8 Å². The number of fused-ring (bicyclic) bond motifs is 1.